The van der Waals surface area contributed by atoms with E-state index in [1.54, 1.807) is 0 Å². The third-order valence-electron chi connectivity index (χ3n) is 1.10. The Bertz CT molecular complexity index is 51.7. The Hall–Kier alpha value is -0.120. The van der Waals surface area contributed by atoms with Crippen molar-refractivity contribution in [2.24, 2.45) is 5.92 Å². The van der Waals surface area contributed by atoms with Crippen LogP contribution in [-0.2, 0) is 0 Å². The van der Waals surface area contributed by atoms with E-state index in [4.69, 9.17) is 5.11 Å². The van der Waals surface area contributed by atoms with Crippen LogP contribution >= 0.6 is 0 Å². The Labute approximate surface area is 42.7 Å². The molecule has 1 atom stereocenters. The van der Waals surface area contributed by atoms with Crippen molar-refractivity contribution < 1.29 is 5.11 Å². The number of aliphatic hydroxyl groups excluding tert-OH is 1. The van der Waals surface area contributed by atoms with E-state index in [-0.39, 0.29) is 6.61 Å². The fraction of sp³-hybridized carbons (Fsp3) is 1.00. The van der Waals surface area contributed by atoms with Crippen LogP contribution in [0.5, 0.6) is 0 Å². The van der Waals surface area contributed by atoms with Crippen LogP contribution in [0.25, 0.3) is 0 Å². The lowest BCUT2D eigenvalue weighted by molar-refractivity contribution is 0.243. The predicted molar refractivity (Wildman–Crippen MR) is 25.6 cm³/mol. The zero-order chi connectivity index (χ0) is 5.11. The fourth-order valence-corrected chi connectivity index (χ4v) is 0.574. The van der Waals surface area contributed by atoms with Gasteiger partial charge in [-0.15, -0.1) is 0 Å². The van der Waals surface area contributed by atoms with Crippen molar-refractivity contribution in [3.05, 3.63) is 0 Å². The van der Waals surface area contributed by atoms with Crippen molar-refractivity contribution in [1.82, 2.24) is 10.9 Å². The normalized spacial score (nSPS) is 23.6. The predicted octanol–water partition coefficient (Wildman–Crippen LogP) is -1.28. The average Bonchev–Trinajstić information content (AvgIpc) is 2.14. The highest BCUT2D eigenvalue weighted by molar-refractivity contribution is 4.66. The first-order valence-corrected chi connectivity index (χ1v) is 2.43. The summed E-state index contributed by atoms with van der Waals surface area (Å²) in [5.41, 5.74) is 6.61. The lowest BCUT2D eigenvalue weighted by atomic mass is 10.2. The minimum atomic E-state index is 0.260. The second kappa shape index (κ2) is 2.26. The number of nitrogens with zero attached hydrogens (tertiary/aromatic N) is 1. The summed E-state index contributed by atoms with van der Waals surface area (Å²) < 4.78 is 0. The minimum absolute atomic E-state index is 0.260. The van der Waals surface area contributed by atoms with Crippen molar-refractivity contribution in [3.8, 4) is 0 Å². The molecule has 1 heterocycles. The molecule has 2 N–H and O–H groups in total. The van der Waals surface area contributed by atoms with Crippen LogP contribution < -0.4 is 10.9 Å². The van der Waals surface area contributed by atoms with Gasteiger partial charge in [0, 0.05) is 25.6 Å². The first-order chi connectivity index (χ1) is 3.43. The standard InChI is InChI=1S/C4H9N2O/c7-3-4-1-5-6-2-4/h4-5,7H,1-3H2. The van der Waals surface area contributed by atoms with Crippen LogP contribution in [0.4, 0.5) is 0 Å². The zero-order valence-electron chi connectivity index (χ0n) is 4.09. The molecular formula is C4H9N2O. The van der Waals surface area contributed by atoms with Gasteiger partial charge in [-0.3, -0.25) is 0 Å². The van der Waals surface area contributed by atoms with Crippen LogP contribution in [0.1, 0.15) is 0 Å². The molecule has 7 heavy (non-hydrogen) atoms. The maximum absolute atomic E-state index is 8.47. The zero-order valence-corrected chi connectivity index (χ0v) is 4.09. The topological polar surface area (TPSA) is 46.4 Å². The molecule has 0 aliphatic carbocycles. The maximum Gasteiger partial charge on any atom is 0.0485 e. The number of hydrogen-bond acceptors (Lipinski definition) is 2. The summed E-state index contributed by atoms with van der Waals surface area (Å²) >= 11 is 0. The van der Waals surface area contributed by atoms with Gasteiger partial charge in [0.2, 0.25) is 0 Å². The molecule has 1 fully saturated rings. The molecular weight excluding hydrogens is 92.1 g/mol. The maximum atomic E-state index is 8.47. The summed E-state index contributed by atoms with van der Waals surface area (Å²) in [4.78, 5) is 0. The first kappa shape index (κ1) is 5.03. The molecule has 1 rings (SSSR count). The Morgan fingerprint density at radius 3 is 3.00 bits per heavy atom. The van der Waals surface area contributed by atoms with E-state index in [0.29, 0.717) is 5.92 Å². The Morgan fingerprint density at radius 2 is 2.71 bits per heavy atom. The van der Waals surface area contributed by atoms with Crippen LogP contribution in [0.2, 0.25) is 0 Å². The molecule has 1 unspecified atom stereocenters. The minimum Gasteiger partial charge on any atom is -0.396 e. The smallest absolute Gasteiger partial charge is 0.0485 e. The summed E-state index contributed by atoms with van der Waals surface area (Å²) in [6.07, 6.45) is 0. The van der Waals surface area contributed by atoms with Gasteiger partial charge in [-0.25, -0.2) is 5.43 Å². The molecule has 3 heteroatoms. The lowest BCUT2D eigenvalue weighted by Crippen LogP contribution is -2.13. The second-order valence-electron chi connectivity index (χ2n) is 1.75. The SMILES string of the molecule is OCC1C[N]NC1. The summed E-state index contributed by atoms with van der Waals surface area (Å²) in [6.45, 7) is 1.88. The third kappa shape index (κ3) is 1.12. The molecule has 1 aliphatic heterocycles. The highest BCUT2D eigenvalue weighted by atomic mass is 16.3. The van der Waals surface area contributed by atoms with Gasteiger partial charge in [-0.1, -0.05) is 0 Å². The van der Waals surface area contributed by atoms with Crippen molar-refractivity contribution in [1.29, 1.82) is 0 Å². The molecule has 1 radical (unpaired) electrons. The summed E-state index contributed by atoms with van der Waals surface area (Å²) in [5, 5.41) is 8.47. The van der Waals surface area contributed by atoms with Gasteiger partial charge in [0.25, 0.3) is 0 Å². The average molecular weight is 101 g/mol. The third-order valence-corrected chi connectivity index (χ3v) is 1.10. The summed E-state index contributed by atoms with van der Waals surface area (Å²) in [7, 11) is 0. The van der Waals surface area contributed by atoms with Crippen molar-refractivity contribution in [2.45, 2.75) is 0 Å². The van der Waals surface area contributed by atoms with E-state index in [9.17, 15) is 0 Å². The quantitative estimate of drug-likeness (QED) is 0.432. The molecule has 41 valence electrons. The molecule has 1 aliphatic rings. The largest absolute Gasteiger partial charge is 0.396 e. The molecule has 0 spiro atoms. The van der Waals surface area contributed by atoms with Crippen molar-refractivity contribution >= 4 is 0 Å². The Kier molecular flexibility index (Phi) is 1.62. The van der Waals surface area contributed by atoms with Crippen molar-refractivity contribution in [3.63, 3.8) is 0 Å². The first-order valence-electron chi connectivity index (χ1n) is 2.43. The van der Waals surface area contributed by atoms with Crippen LogP contribution in [0.3, 0.4) is 0 Å². The van der Waals surface area contributed by atoms with E-state index in [1.165, 1.54) is 0 Å². The van der Waals surface area contributed by atoms with E-state index >= 15 is 0 Å². The van der Waals surface area contributed by atoms with Crippen LogP contribution in [-0.4, -0.2) is 24.8 Å². The Morgan fingerprint density at radius 1 is 1.86 bits per heavy atom. The number of aliphatic hydroxyl groups is 1. The molecule has 0 saturated carbocycles. The number of nitrogens with one attached hydrogen (secondary N) is 1. The van der Waals surface area contributed by atoms with E-state index < -0.39 is 0 Å². The number of hydrogen-bond donors (Lipinski definition) is 2. The molecule has 1 saturated heterocycles. The molecule has 0 bridgehead atoms. The van der Waals surface area contributed by atoms with Crippen LogP contribution in [0.15, 0.2) is 0 Å². The van der Waals surface area contributed by atoms with E-state index in [0.717, 1.165) is 13.1 Å². The Balaban J connectivity index is 2.14. The molecule has 0 aromatic carbocycles. The van der Waals surface area contributed by atoms with Gasteiger partial charge >= 0.3 is 0 Å². The summed E-state index contributed by atoms with van der Waals surface area (Å²) in [5.74, 6) is 0.375. The fourth-order valence-electron chi connectivity index (χ4n) is 0.574. The highest BCUT2D eigenvalue weighted by Crippen LogP contribution is 1.94. The van der Waals surface area contributed by atoms with Gasteiger partial charge in [0.15, 0.2) is 0 Å². The van der Waals surface area contributed by atoms with E-state index in [1.807, 2.05) is 0 Å². The lowest BCUT2D eigenvalue weighted by Gasteiger charge is -1.96. The van der Waals surface area contributed by atoms with Gasteiger partial charge in [-0.2, -0.15) is 5.43 Å². The van der Waals surface area contributed by atoms with Gasteiger partial charge in [0.1, 0.15) is 0 Å². The van der Waals surface area contributed by atoms with E-state index in [2.05, 4.69) is 10.9 Å². The molecule has 0 aromatic rings. The highest BCUT2D eigenvalue weighted by Gasteiger charge is 2.12. The van der Waals surface area contributed by atoms with Crippen molar-refractivity contribution in [2.75, 3.05) is 19.7 Å². The molecule has 3 nitrogen and oxygen atoms in total. The van der Waals surface area contributed by atoms with Crippen LogP contribution in [0, 0.1) is 5.92 Å². The molecule has 0 amide bonds. The monoisotopic (exact) mass is 101 g/mol. The second-order valence-corrected chi connectivity index (χ2v) is 1.75. The van der Waals surface area contributed by atoms with Gasteiger partial charge < -0.3 is 5.11 Å². The van der Waals surface area contributed by atoms with Gasteiger partial charge in [0.05, 0.1) is 0 Å². The molecule has 0 aromatic heterocycles. The summed E-state index contributed by atoms with van der Waals surface area (Å²) in [6, 6.07) is 0. The number of rotatable bonds is 1. The van der Waals surface area contributed by atoms with Gasteiger partial charge in [-0.05, 0) is 0 Å².